The van der Waals surface area contributed by atoms with Crippen LogP contribution < -0.4 is 10.6 Å². The zero-order chi connectivity index (χ0) is 21.1. The number of rotatable bonds is 2. The largest absolute Gasteiger partial charge is 0.461 e. The maximum atomic E-state index is 13.3. The second-order valence-electron chi connectivity index (χ2n) is 11.2. The molecule has 8 heteroatoms. The number of halogens is 2. The van der Waals surface area contributed by atoms with Crippen LogP contribution in [0.15, 0.2) is 0 Å². The van der Waals surface area contributed by atoms with E-state index in [1.54, 1.807) is 0 Å². The predicted octanol–water partition coefficient (Wildman–Crippen LogP) is 3.09. The van der Waals surface area contributed by atoms with Crippen molar-refractivity contribution in [2.45, 2.75) is 77.4 Å². The molecule has 0 amide bonds. The van der Waals surface area contributed by atoms with Gasteiger partial charge in [0, 0.05) is 31.5 Å². The molecular weight excluding hydrogens is 451 g/mol. The van der Waals surface area contributed by atoms with Gasteiger partial charge in [0.25, 0.3) is 0 Å². The van der Waals surface area contributed by atoms with Crippen molar-refractivity contribution in [1.29, 1.82) is 0 Å². The fraction of sp³-hybridized carbons (Fsp3) is 0.875. The van der Waals surface area contributed by atoms with Crippen LogP contribution in [0.2, 0.25) is 0 Å². The van der Waals surface area contributed by atoms with Gasteiger partial charge in [0.2, 0.25) is 11.6 Å². The molecule has 32 heavy (non-hydrogen) atoms. The molecule has 0 aromatic carbocycles. The average Bonchev–Trinajstić information content (AvgIpc) is 3.15. The van der Waals surface area contributed by atoms with Crippen molar-refractivity contribution in [1.82, 2.24) is 10.6 Å². The van der Waals surface area contributed by atoms with Gasteiger partial charge in [-0.1, -0.05) is 20.3 Å². The van der Waals surface area contributed by atoms with Gasteiger partial charge in [-0.2, -0.15) is 0 Å². The van der Waals surface area contributed by atoms with E-state index in [1.165, 1.54) is 19.3 Å². The normalized spacial score (nSPS) is 45.4. The van der Waals surface area contributed by atoms with Crippen LogP contribution in [0.5, 0.6) is 0 Å². The van der Waals surface area contributed by atoms with Gasteiger partial charge in [-0.05, 0) is 67.6 Å². The quantitative estimate of drug-likeness (QED) is 0.458. The predicted molar refractivity (Wildman–Crippen MR) is 126 cm³/mol. The van der Waals surface area contributed by atoms with Crippen molar-refractivity contribution < 1.29 is 19.1 Å². The number of esters is 1. The van der Waals surface area contributed by atoms with Crippen molar-refractivity contribution in [3.63, 3.8) is 0 Å². The lowest BCUT2D eigenvalue weighted by atomic mass is 9.44. The molecule has 4 saturated carbocycles. The maximum Gasteiger partial charge on any atom is 0.324 e. The number of hydrogen-bond acceptors (Lipinski definition) is 6. The zero-order valence-corrected chi connectivity index (χ0v) is 20.8. The standard InChI is InChI=1S/C24H36N2O4.2ClH/c1-23-7-3-4-15(23)19-16(6-8-23)24(2)9-5-14(12-17(24)20(27)21(19)28)30-22(29)18-13-25-10-11-26-18;;/h14-19,25-26H,3-13H2,1-2H3;2*1H/t14-,15-,16-,17?,18?,19-,23-,24+;;/m0../s1. The summed E-state index contributed by atoms with van der Waals surface area (Å²) in [7, 11) is 0. The highest BCUT2D eigenvalue weighted by molar-refractivity contribution is 6.39. The highest BCUT2D eigenvalue weighted by Gasteiger charge is 2.64. The molecule has 0 bridgehead atoms. The van der Waals surface area contributed by atoms with E-state index in [9.17, 15) is 14.4 Å². The number of fused-ring (bicyclic) bond motifs is 5. The van der Waals surface area contributed by atoms with Crippen LogP contribution in [0.3, 0.4) is 0 Å². The first kappa shape index (κ1) is 25.9. The van der Waals surface area contributed by atoms with Gasteiger partial charge in [-0.3, -0.25) is 14.4 Å². The third kappa shape index (κ3) is 4.03. The van der Waals surface area contributed by atoms with Crippen molar-refractivity contribution in [2.24, 2.45) is 34.5 Å². The lowest BCUT2D eigenvalue weighted by molar-refractivity contribution is -0.175. The molecule has 0 aromatic rings. The molecule has 182 valence electrons. The number of nitrogens with one attached hydrogen (secondary N) is 2. The summed E-state index contributed by atoms with van der Waals surface area (Å²) >= 11 is 0. The summed E-state index contributed by atoms with van der Waals surface area (Å²) in [6.45, 7) is 6.78. The first-order chi connectivity index (χ1) is 14.3. The molecule has 2 unspecified atom stereocenters. The molecule has 0 radical (unpaired) electrons. The van der Waals surface area contributed by atoms with E-state index in [2.05, 4.69) is 24.5 Å². The van der Waals surface area contributed by atoms with Gasteiger partial charge in [-0.25, -0.2) is 0 Å². The smallest absolute Gasteiger partial charge is 0.324 e. The average molecular weight is 489 g/mol. The fourth-order valence-corrected chi connectivity index (χ4v) is 7.89. The molecule has 5 rings (SSSR count). The second kappa shape index (κ2) is 9.52. The van der Waals surface area contributed by atoms with Crippen molar-refractivity contribution in [3.05, 3.63) is 0 Å². The number of piperazine rings is 1. The molecular formula is C24H38Cl2N2O4. The van der Waals surface area contributed by atoms with E-state index in [1.807, 2.05) is 0 Å². The van der Waals surface area contributed by atoms with Crippen LogP contribution >= 0.6 is 24.8 Å². The molecule has 1 heterocycles. The third-order valence-electron chi connectivity index (χ3n) is 9.67. The lowest BCUT2D eigenvalue weighted by Gasteiger charge is -2.58. The van der Waals surface area contributed by atoms with E-state index in [0.29, 0.717) is 24.8 Å². The molecule has 1 saturated heterocycles. The van der Waals surface area contributed by atoms with Crippen LogP contribution in [0.1, 0.15) is 65.2 Å². The Kier molecular flexibility index (Phi) is 7.71. The van der Waals surface area contributed by atoms with Crippen LogP contribution in [0, 0.1) is 34.5 Å². The van der Waals surface area contributed by atoms with Gasteiger partial charge in [0.1, 0.15) is 12.1 Å². The van der Waals surface area contributed by atoms with Gasteiger partial charge in [-0.15, -0.1) is 24.8 Å². The number of carbonyl (C=O) groups is 3. The topological polar surface area (TPSA) is 84.5 Å². The minimum absolute atomic E-state index is 0. The number of ether oxygens (including phenoxy) is 1. The molecule has 5 fully saturated rings. The monoisotopic (exact) mass is 488 g/mol. The molecule has 8 atom stereocenters. The van der Waals surface area contributed by atoms with Crippen LogP contribution in [-0.2, 0) is 19.1 Å². The summed E-state index contributed by atoms with van der Waals surface area (Å²) in [6, 6.07) is -0.321. The Bertz CT molecular complexity index is 758. The summed E-state index contributed by atoms with van der Waals surface area (Å²) < 4.78 is 5.82. The first-order valence-corrected chi connectivity index (χ1v) is 12.1. The SMILES string of the molecule is C[C@@]12CCC[C@H]1[C@@H]1C(=O)C(=O)C3C[C@@H](OC(=O)C4CNCCN4)CC[C@]3(C)[C@H]1CC2.Cl.Cl. The third-order valence-corrected chi connectivity index (χ3v) is 9.67. The molecule has 0 spiro atoms. The molecule has 2 N–H and O–H groups in total. The molecule has 0 aromatic heterocycles. The summed E-state index contributed by atoms with van der Waals surface area (Å²) in [6.07, 6.45) is 7.65. The van der Waals surface area contributed by atoms with Crippen LogP contribution in [0.25, 0.3) is 0 Å². The maximum absolute atomic E-state index is 13.3. The molecule has 5 aliphatic rings. The number of hydrogen-bond donors (Lipinski definition) is 2. The lowest BCUT2D eigenvalue weighted by Crippen LogP contribution is -2.61. The van der Waals surface area contributed by atoms with E-state index >= 15 is 0 Å². The van der Waals surface area contributed by atoms with Gasteiger partial charge in [0.05, 0.1) is 0 Å². The summed E-state index contributed by atoms with van der Waals surface area (Å²) in [4.78, 5) is 39.2. The number of ketones is 2. The Labute approximate surface area is 203 Å². The minimum Gasteiger partial charge on any atom is -0.461 e. The van der Waals surface area contributed by atoms with Crippen LogP contribution in [-0.4, -0.2) is 49.3 Å². The summed E-state index contributed by atoms with van der Waals surface area (Å²) in [5.41, 5.74) is 0.112. The van der Waals surface area contributed by atoms with E-state index < -0.39 is 0 Å². The molecule has 4 aliphatic carbocycles. The second-order valence-corrected chi connectivity index (χ2v) is 11.2. The van der Waals surface area contributed by atoms with Gasteiger partial charge >= 0.3 is 5.97 Å². The van der Waals surface area contributed by atoms with Crippen molar-refractivity contribution >= 4 is 42.3 Å². The van der Waals surface area contributed by atoms with E-state index in [4.69, 9.17) is 4.74 Å². The van der Waals surface area contributed by atoms with Gasteiger partial charge in [0.15, 0.2) is 0 Å². The summed E-state index contributed by atoms with van der Waals surface area (Å²) in [5.74, 6) is -0.186. The Morgan fingerprint density at radius 2 is 1.75 bits per heavy atom. The zero-order valence-electron chi connectivity index (χ0n) is 19.2. The Balaban J connectivity index is 0.00000144. The molecule has 6 nitrogen and oxygen atoms in total. The molecule has 1 aliphatic heterocycles. The van der Waals surface area contributed by atoms with E-state index in [-0.39, 0.29) is 77.2 Å². The van der Waals surface area contributed by atoms with Crippen molar-refractivity contribution in [2.75, 3.05) is 19.6 Å². The van der Waals surface area contributed by atoms with Crippen molar-refractivity contribution in [3.8, 4) is 0 Å². The number of carbonyl (C=O) groups excluding carboxylic acids is 3. The van der Waals surface area contributed by atoms with Crippen LogP contribution in [0.4, 0.5) is 0 Å². The Morgan fingerprint density at radius 3 is 2.47 bits per heavy atom. The minimum atomic E-state index is -0.321. The fourth-order valence-electron chi connectivity index (χ4n) is 7.89. The highest BCUT2D eigenvalue weighted by atomic mass is 35.5. The summed E-state index contributed by atoms with van der Waals surface area (Å²) in [5, 5.41) is 6.40. The first-order valence-electron chi connectivity index (χ1n) is 12.1. The highest BCUT2D eigenvalue weighted by Crippen LogP contribution is 2.64. The number of Topliss-reactive ketones (excluding diaryl/α,β-unsaturated/α-hetero) is 2. The van der Waals surface area contributed by atoms with Gasteiger partial charge < -0.3 is 15.4 Å². The van der Waals surface area contributed by atoms with E-state index in [0.717, 1.165) is 38.8 Å². The Hall–Kier alpha value is -0.690. The Morgan fingerprint density at radius 1 is 0.969 bits per heavy atom.